The monoisotopic (exact) mass is 418 g/mol. The van der Waals surface area contributed by atoms with Crippen molar-refractivity contribution in [1.29, 1.82) is 0 Å². The molecule has 3 nitrogen and oxygen atoms in total. The van der Waals surface area contributed by atoms with Crippen LogP contribution in [0.5, 0.6) is 0 Å². The molecule has 2 heterocycles. The van der Waals surface area contributed by atoms with Crippen LogP contribution in [0.15, 0.2) is 83.3 Å². The van der Waals surface area contributed by atoms with E-state index in [0.717, 1.165) is 39.1 Å². The van der Waals surface area contributed by atoms with Gasteiger partial charge in [-0.2, -0.15) is 0 Å². The number of pyridine rings is 1. The topological polar surface area (TPSA) is 29.3 Å². The molecule has 0 saturated heterocycles. The maximum absolute atomic E-state index is 6.58. The highest BCUT2D eigenvalue weighted by atomic mass is 35.5. The summed E-state index contributed by atoms with van der Waals surface area (Å²) in [6, 6.07) is 25.8. The second-order valence-electron chi connectivity index (χ2n) is 6.83. The van der Waals surface area contributed by atoms with Crippen LogP contribution in [0.3, 0.4) is 0 Å². The molecule has 0 spiro atoms. The molecule has 2 aromatic heterocycles. The molecule has 3 aromatic carbocycles. The molecule has 0 fully saturated rings. The molecular weight excluding hydrogens is 403 g/mol. The van der Waals surface area contributed by atoms with Gasteiger partial charge in [-0.1, -0.05) is 47.5 Å². The number of hydrogen-bond donors (Lipinski definition) is 0. The van der Waals surface area contributed by atoms with Crippen LogP contribution in [-0.2, 0) is 0 Å². The minimum Gasteiger partial charge on any atom is -0.438 e. The second-order valence-corrected chi connectivity index (χ2v) is 7.62. The van der Waals surface area contributed by atoms with E-state index in [1.165, 1.54) is 0 Å². The highest BCUT2D eigenvalue weighted by molar-refractivity contribution is 6.44. The molecular formula is C24H16Cl2N2O. The van der Waals surface area contributed by atoms with E-state index in [2.05, 4.69) is 22.0 Å². The summed E-state index contributed by atoms with van der Waals surface area (Å²) in [5.74, 6) is 0. The summed E-state index contributed by atoms with van der Waals surface area (Å²) in [6.07, 6.45) is 0. The average molecular weight is 419 g/mol. The highest BCUT2D eigenvalue weighted by Crippen LogP contribution is 2.42. The van der Waals surface area contributed by atoms with E-state index in [4.69, 9.17) is 27.6 Å². The molecule has 0 unspecified atom stereocenters. The number of para-hydroxylation sites is 1. The quantitative estimate of drug-likeness (QED) is 0.296. The Kier molecular flexibility index (Phi) is 4.42. The third-order valence-corrected chi connectivity index (χ3v) is 5.72. The summed E-state index contributed by atoms with van der Waals surface area (Å²) in [7, 11) is 0. The van der Waals surface area contributed by atoms with Gasteiger partial charge in [0, 0.05) is 33.9 Å². The highest BCUT2D eigenvalue weighted by Gasteiger charge is 2.18. The molecule has 0 amide bonds. The van der Waals surface area contributed by atoms with Crippen molar-refractivity contribution in [3.8, 4) is 0 Å². The Morgan fingerprint density at radius 3 is 2.41 bits per heavy atom. The molecule has 29 heavy (non-hydrogen) atoms. The van der Waals surface area contributed by atoms with Gasteiger partial charge in [-0.3, -0.25) is 0 Å². The number of anilines is 3. The van der Waals surface area contributed by atoms with Gasteiger partial charge >= 0.3 is 0 Å². The van der Waals surface area contributed by atoms with Gasteiger partial charge in [-0.05, 0) is 55.5 Å². The van der Waals surface area contributed by atoms with Gasteiger partial charge in [-0.15, -0.1) is 0 Å². The maximum atomic E-state index is 6.58. The van der Waals surface area contributed by atoms with Gasteiger partial charge in [0.25, 0.3) is 0 Å². The fourth-order valence-corrected chi connectivity index (χ4v) is 3.93. The number of aryl methyl sites for hydroxylation is 1. The van der Waals surface area contributed by atoms with Crippen LogP contribution in [0.1, 0.15) is 5.69 Å². The Labute approximate surface area is 178 Å². The fraction of sp³-hybridized carbons (Fsp3) is 0.0417. The first kappa shape index (κ1) is 18.0. The Hall–Kier alpha value is -3.01. The van der Waals surface area contributed by atoms with Crippen molar-refractivity contribution in [2.24, 2.45) is 0 Å². The lowest BCUT2D eigenvalue weighted by Crippen LogP contribution is -2.10. The maximum Gasteiger partial charge on any atom is 0.227 e. The van der Waals surface area contributed by atoms with E-state index in [0.29, 0.717) is 15.8 Å². The Bertz CT molecular complexity index is 1350. The normalized spacial score (nSPS) is 11.3. The van der Waals surface area contributed by atoms with Crippen molar-refractivity contribution in [1.82, 2.24) is 4.98 Å². The largest absolute Gasteiger partial charge is 0.438 e. The first-order valence-electron chi connectivity index (χ1n) is 9.21. The van der Waals surface area contributed by atoms with Gasteiger partial charge in [0.05, 0.1) is 15.7 Å². The van der Waals surface area contributed by atoms with E-state index >= 15 is 0 Å². The van der Waals surface area contributed by atoms with Crippen LogP contribution in [0.2, 0.25) is 10.0 Å². The molecule has 5 rings (SSSR count). The molecule has 142 valence electrons. The van der Waals surface area contributed by atoms with E-state index in [1.54, 1.807) is 6.07 Å². The SMILES string of the molecule is Cc1ccc2c(n1)oc1cc(N(c3ccccc3)c3cccc(Cl)c3Cl)ccc12. The van der Waals surface area contributed by atoms with Crippen molar-refractivity contribution < 1.29 is 4.42 Å². The first-order chi connectivity index (χ1) is 14.1. The summed E-state index contributed by atoms with van der Waals surface area (Å²) in [5, 5.41) is 3.04. The summed E-state index contributed by atoms with van der Waals surface area (Å²) in [4.78, 5) is 6.58. The standard InChI is InChI=1S/C24H16Cl2N2O/c1-15-10-12-19-18-13-11-17(14-22(18)29-24(19)27-15)28(16-6-3-2-4-7-16)21-9-5-8-20(25)23(21)26/h2-14H,1H3. The van der Waals surface area contributed by atoms with Gasteiger partial charge in [0.1, 0.15) is 5.58 Å². The van der Waals surface area contributed by atoms with Gasteiger partial charge in [-0.25, -0.2) is 4.98 Å². The first-order valence-corrected chi connectivity index (χ1v) is 9.96. The van der Waals surface area contributed by atoms with Crippen molar-refractivity contribution >= 4 is 62.3 Å². The fourth-order valence-electron chi connectivity index (χ4n) is 3.55. The van der Waals surface area contributed by atoms with Crippen LogP contribution in [0, 0.1) is 6.92 Å². The molecule has 0 radical (unpaired) electrons. The molecule has 0 aliphatic carbocycles. The van der Waals surface area contributed by atoms with Crippen molar-refractivity contribution in [3.63, 3.8) is 0 Å². The Morgan fingerprint density at radius 1 is 0.793 bits per heavy atom. The Balaban J connectivity index is 1.74. The number of fused-ring (bicyclic) bond motifs is 3. The van der Waals surface area contributed by atoms with E-state index in [9.17, 15) is 0 Å². The van der Waals surface area contributed by atoms with Crippen LogP contribution in [0.25, 0.3) is 22.1 Å². The lowest BCUT2D eigenvalue weighted by Gasteiger charge is -2.26. The predicted molar refractivity (Wildman–Crippen MR) is 121 cm³/mol. The van der Waals surface area contributed by atoms with E-state index in [-0.39, 0.29) is 0 Å². The van der Waals surface area contributed by atoms with Crippen LogP contribution < -0.4 is 4.90 Å². The number of benzene rings is 3. The third-order valence-electron chi connectivity index (χ3n) is 4.91. The van der Waals surface area contributed by atoms with Crippen LogP contribution in [-0.4, -0.2) is 4.98 Å². The number of aromatic nitrogens is 1. The van der Waals surface area contributed by atoms with Crippen LogP contribution in [0.4, 0.5) is 17.1 Å². The number of nitrogens with zero attached hydrogens (tertiary/aromatic N) is 2. The summed E-state index contributed by atoms with van der Waals surface area (Å²) in [5.41, 5.74) is 5.03. The van der Waals surface area contributed by atoms with Crippen molar-refractivity contribution in [3.05, 3.63) is 94.6 Å². The predicted octanol–water partition coefficient (Wildman–Crippen LogP) is 8.07. The number of hydrogen-bond acceptors (Lipinski definition) is 3. The summed E-state index contributed by atoms with van der Waals surface area (Å²) < 4.78 is 6.05. The zero-order valence-corrected chi connectivity index (χ0v) is 17.1. The van der Waals surface area contributed by atoms with Gasteiger partial charge in [0.15, 0.2) is 0 Å². The van der Waals surface area contributed by atoms with E-state index in [1.807, 2.05) is 67.6 Å². The molecule has 0 aliphatic heterocycles. The molecule has 0 N–H and O–H groups in total. The molecule has 5 aromatic rings. The minimum atomic E-state index is 0.500. The van der Waals surface area contributed by atoms with Gasteiger partial charge < -0.3 is 9.32 Å². The van der Waals surface area contributed by atoms with Crippen molar-refractivity contribution in [2.75, 3.05) is 4.90 Å². The van der Waals surface area contributed by atoms with E-state index < -0.39 is 0 Å². The third kappa shape index (κ3) is 3.13. The molecule has 0 aliphatic rings. The summed E-state index contributed by atoms with van der Waals surface area (Å²) >= 11 is 12.9. The molecule has 0 atom stereocenters. The lowest BCUT2D eigenvalue weighted by atomic mass is 10.1. The number of halogens is 2. The number of rotatable bonds is 3. The lowest BCUT2D eigenvalue weighted by molar-refractivity contribution is 0.652. The number of furan rings is 1. The van der Waals surface area contributed by atoms with Gasteiger partial charge in [0.2, 0.25) is 5.71 Å². The Morgan fingerprint density at radius 2 is 1.59 bits per heavy atom. The molecule has 0 saturated carbocycles. The average Bonchev–Trinajstić information content (AvgIpc) is 3.09. The minimum absolute atomic E-state index is 0.500. The summed E-state index contributed by atoms with van der Waals surface area (Å²) in [6.45, 7) is 1.95. The van der Waals surface area contributed by atoms with Crippen molar-refractivity contribution in [2.45, 2.75) is 6.92 Å². The molecule has 5 heteroatoms. The zero-order valence-electron chi connectivity index (χ0n) is 15.6. The second kappa shape index (κ2) is 7.11. The molecule has 0 bridgehead atoms. The zero-order chi connectivity index (χ0) is 20.0. The smallest absolute Gasteiger partial charge is 0.227 e. The van der Waals surface area contributed by atoms with Crippen LogP contribution >= 0.6 is 23.2 Å².